The first-order valence-electron chi connectivity index (χ1n) is 5.73. The van der Waals surface area contributed by atoms with Gasteiger partial charge in [-0.05, 0) is 12.1 Å². The molecule has 3 nitrogen and oxygen atoms in total. The van der Waals surface area contributed by atoms with E-state index in [1.165, 1.54) is 0 Å². The number of quaternary nitrogens is 1. The van der Waals surface area contributed by atoms with Gasteiger partial charge in [0.1, 0.15) is 12.0 Å². The lowest BCUT2D eigenvalue weighted by atomic mass is 9.97. The Morgan fingerprint density at radius 3 is 2.24 bits per heavy atom. The molecule has 0 aromatic heterocycles. The van der Waals surface area contributed by atoms with Crippen LogP contribution in [-0.2, 0) is 0 Å². The average Bonchev–Trinajstić information content (AvgIpc) is 2.25. The van der Waals surface area contributed by atoms with Crippen molar-refractivity contribution in [2.75, 3.05) is 21.1 Å². The van der Waals surface area contributed by atoms with Crippen molar-refractivity contribution in [2.24, 2.45) is 5.92 Å². The van der Waals surface area contributed by atoms with E-state index in [2.05, 4.69) is 0 Å². The smallest absolute Gasteiger partial charge is 0.171 e. The molecule has 3 heteroatoms. The molecule has 92 valence electrons. The fourth-order valence-corrected chi connectivity index (χ4v) is 1.72. The maximum absolute atomic E-state index is 12.2. The molecular weight excluding hydrogens is 214 g/mol. The number of ketones is 1. The SMILES string of the molecule is CC(C)C(=O)c1cc(C=O)ccc1[N+](C)(C)C. The Hall–Kier alpha value is -1.48. The molecule has 0 aliphatic carbocycles. The summed E-state index contributed by atoms with van der Waals surface area (Å²) in [6.07, 6.45) is 0.774. The molecule has 0 aliphatic rings. The third-order valence-corrected chi connectivity index (χ3v) is 2.67. The Labute approximate surface area is 103 Å². The minimum absolute atomic E-state index is 0.0674. The first kappa shape index (κ1) is 13.6. The predicted octanol–water partition coefficient (Wildman–Crippen LogP) is 2.53. The van der Waals surface area contributed by atoms with Crippen molar-refractivity contribution in [1.82, 2.24) is 4.48 Å². The maximum Gasteiger partial charge on any atom is 0.171 e. The highest BCUT2D eigenvalue weighted by Gasteiger charge is 2.24. The molecule has 0 fully saturated rings. The van der Waals surface area contributed by atoms with Gasteiger partial charge < -0.3 is 0 Å². The van der Waals surface area contributed by atoms with Crippen LogP contribution in [0.4, 0.5) is 5.69 Å². The summed E-state index contributed by atoms with van der Waals surface area (Å²) in [4.78, 5) is 22.9. The van der Waals surface area contributed by atoms with E-state index in [1.54, 1.807) is 12.1 Å². The number of rotatable bonds is 4. The van der Waals surface area contributed by atoms with Crippen LogP contribution in [0.2, 0.25) is 0 Å². The van der Waals surface area contributed by atoms with E-state index in [-0.39, 0.29) is 11.7 Å². The Bertz CT molecular complexity index is 442. The van der Waals surface area contributed by atoms with Crippen LogP contribution < -0.4 is 4.48 Å². The number of aldehydes is 1. The Balaban J connectivity index is 3.41. The van der Waals surface area contributed by atoms with Gasteiger partial charge in [0, 0.05) is 17.5 Å². The molecule has 1 rings (SSSR count). The van der Waals surface area contributed by atoms with E-state index < -0.39 is 0 Å². The molecule has 0 atom stereocenters. The summed E-state index contributed by atoms with van der Waals surface area (Å²) in [7, 11) is 6.02. The molecule has 0 amide bonds. The molecule has 0 aliphatic heterocycles. The van der Waals surface area contributed by atoms with Crippen molar-refractivity contribution in [1.29, 1.82) is 0 Å². The second kappa shape index (κ2) is 4.80. The number of nitrogens with zero attached hydrogens (tertiary/aromatic N) is 1. The van der Waals surface area contributed by atoms with Crippen LogP contribution in [0.25, 0.3) is 0 Å². The van der Waals surface area contributed by atoms with Crippen LogP contribution in [0.5, 0.6) is 0 Å². The zero-order valence-corrected chi connectivity index (χ0v) is 11.2. The molecule has 1 aromatic rings. The molecule has 0 saturated heterocycles. The highest BCUT2D eigenvalue weighted by molar-refractivity contribution is 6.03. The summed E-state index contributed by atoms with van der Waals surface area (Å²) < 4.78 is 0.562. The molecule has 0 unspecified atom stereocenters. The van der Waals surface area contributed by atoms with Crippen molar-refractivity contribution in [2.45, 2.75) is 13.8 Å². The van der Waals surface area contributed by atoms with E-state index >= 15 is 0 Å². The zero-order chi connectivity index (χ0) is 13.2. The van der Waals surface area contributed by atoms with Crippen LogP contribution in [0, 0.1) is 5.92 Å². The second-order valence-corrected chi connectivity index (χ2v) is 5.43. The van der Waals surface area contributed by atoms with Gasteiger partial charge in [0.05, 0.1) is 26.7 Å². The Morgan fingerprint density at radius 2 is 1.82 bits per heavy atom. The van der Waals surface area contributed by atoms with Crippen molar-refractivity contribution in [3.8, 4) is 0 Å². The van der Waals surface area contributed by atoms with Crippen molar-refractivity contribution < 1.29 is 9.59 Å². The number of Topliss-reactive ketones (excluding diaryl/α,β-unsaturated/α-hetero) is 1. The standard InChI is InChI=1S/C14H20NO2/c1-10(2)14(17)12-8-11(9-16)6-7-13(12)15(3,4)5/h6-10H,1-5H3/q+1. The Kier molecular flexibility index (Phi) is 3.83. The predicted molar refractivity (Wildman–Crippen MR) is 70.6 cm³/mol. The van der Waals surface area contributed by atoms with Crippen LogP contribution >= 0.6 is 0 Å². The van der Waals surface area contributed by atoms with E-state index in [0.717, 1.165) is 12.0 Å². The molecule has 0 saturated carbocycles. The summed E-state index contributed by atoms with van der Waals surface area (Å²) in [5.74, 6) is 0.0129. The van der Waals surface area contributed by atoms with Crippen molar-refractivity contribution in [3.05, 3.63) is 29.3 Å². The van der Waals surface area contributed by atoms with Gasteiger partial charge in [0.25, 0.3) is 0 Å². The number of hydrogen-bond donors (Lipinski definition) is 0. The van der Waals surface area contributed by atoms with Crippen LogP contribution in [0.15, 0.2) is 18.2 Å². The third kappa shape index (κ3) is 3.01. The van der Waals surface area contributed by atoms with Gasteiger partial charge >= 0.3 is 0 Å². The van der Waals surface area contributed by atoms with E-state index in [0.29, 0.717) is 15.6 Å². The number of carbonyl (C=O) groups is 2. The lowest BCUT2D eigenvalue weighted by molar-refractivity contribution is 0.0938. The van der Waals surface area contributed by atoms with Crippen molar-refractivity contribution in [3.63, 3.8) is 0 Å². The number of carbonyl (C=O) groups excluding carboxylic acids is 2. The fourth-order valence-electron chi connectivity index (χ4n) is 1.72. The summed E-state index contributed by atoms with van der Waals surface area (Å²) in [6.45, 7) is 3.74. The minimum atomic E-state index is -0.0674. The van der Waals surface area contributed by atoms with Gasteiger partial charge in [0.2, 0.25) is 0 Å². The summed E-state index contributed by atoms with van der Waals surface area (Å²) in [5.41, 5.74) is 2.14. The van der Waals surface area contributed by atoms with Crippen LogP contribution in [0.1, 0.15) is 34.6 Å². The maximum atomic E-state index is 12.2. The van der Waals surface area contributed by atoms with E-state index in [4.69, 9.17) is 0 Å². The van der Waals surface area contributed by atoms with Gasteiger partial charge in [-0.1, -0.05) is 13.8 Å². The molecule has 1 aromatic carbocycles. The molecule has 0 radical (unpaired) electrons. The highest BCUT2D eigenvalue weighted by atomic mass is 16.1. The molecule has 0 heterocycles. The average molecular weight is 234 g/mol. The van der Waals surface area contributed by atoms with Gasteiger partial charge in [-0.3, -0.25) is 14.1 Å². The van der Waals surface area contributed by atoms with Gasteiger partial charge in [-0.2, -0.15) is 0 Å². The number of benzene rings is 1. The largest absolute Gasteiger partial charge is 0.298 e. The molecule has 0 bridgehead atoms. The summed E-state index contributed by atoms with van der Waals surface area (Å²) >= 11 is 0. The summed E-state index contributed by atoms with van der Waals surface area (Å²) in [6, 6.07) is 5.30. The van der Waals surface area contributed by atoms with Crippen LogP contribution in [0.3, 0.4) is 0 Å². The molecular formula is C14H20NO2+. The Morgan fingerprint density at radius 1 is 1.24 bits per heavy atom. The lowest BCUT2D eigenvalue weighted by Gasteiger charge is -2.26. The van der Waals surface area contributed by atoms with Crippen molar-refractivity contribution >= 4 is 17.8 Å². The van der Waals surface area contributed by atoms with Crippen LogP contribution in [-0.4, -0.2) is 33.2 Å². The van der Waals surface area contributed by atoms with E-state index in [9.17, 15) is 9.59 Å². The van der Waals surface area contributed by atoms with Gasteiger partial charge in [-0.15, -0.1) is 0 Å². The molecule has 0 spiro atoms. The first-order valence-corrected chi connectivity index (χ1v) is 5.73. The highest BCUT2D eigenvalue weighted by Crippen LogP contribution is 2.26. The number of hydrogen-bond acceptors (Lipinski definition) is 2. The molecule has 0 N–H and O–H groups in total. The minimum Gasteiger partial charge on any atom is -0.298 e. The molecule has 17 heavy (non-hydrogen) atoms. The summed E-state index contributed by atoms with van der Waals surface area (Å²) in [5, 5.41) is 0. The monoisotopic (exact) mass is 234 g/mol. The first-order chi connectivity index (χ1) is 7.77. The second-order valence-electron chi connectivity index (χ2n) is 5.43. The normalized spacial score (nSPS) is 11.6. The lowest BCUT2D eigenvalue weighted by Crippen LogP contribution is -2.36. The fraction of sp³-hybridized carbons (Fsp3) is 0.429. The quantitative estimate of drug-likeness (QED) is 0.456. The van der Waals surface area contributed by atoms with E-state index in [1.807, 2.05) is 41.1 Å². The zero-order valence-electron chi connectivity index (χ0n) is 11.2. The van der Waals surface area contributed by atoms with Gasteiger partial charge in [0.15, 0.2) is 5.78 Å². The third-order valence-electron chi connectivity index (χ3n) is 2.67. The van der Waals surface area contributed by atoms with Gasteiger partial charge in [-0.25, -0.2) is 0 Å². The topological polar surface area (TPSA) is 34.1 Å².